The van der Waals surface area contributed by atoms with Gasteiger partial charge in [-0.3, -0.25) is 4.79 Å². The number of benzene rings is 1. The number of methoxy groups -OCH3 is 1. The standard InChI is InChI=1S/C20H25FN2O3/c1-12-4-5-14(6-16(12)21)20-9-15(20)10-23(11-20)17(24)13-7-19(2,8-13)22-18(25)26-3/h4-6,13,15H,7-11H2,1-3H3,(H,22,25)/t13-,15?,19+,20?. The van der Waals surface area contributed by atoms with E-state index in [1.165, 1.54) is 7.11 Å². The fraction of sp³-hybridized carbons (Fsp3) is 0.600. The molecule has 5 nitrogen and oxygen atoms in total. The highest BCUT2D eigenvalue weighted by atomic mass is 19.1. The number of halogens is 1. The van der Waals surface area contributed by atoms with Crippen LogP contribution in [0.5, 0.6) is 0 Å². The fourth-order valence-corrected chi connectivity index (χ4v) is 4.86. The third-order valence-electron chi connectivity index (χ3n) is 6.54. The summed E-state index contributed by atoms with van der Waals surface area (Å²) in [6.45, 7) is 5.13. The highest BCUT2D eigenvalue weighted by Crippen LogP contribution is 2.59. The van der Waals surface area contributed by atoms with E-state index in [2.05, 4.69) is 10.1 Å². The van der Waals surface area contributed by atoms with Crippen LogP contribution in [0.3, 0.4) is 0 Å². The van der Waals surface area contributed by atoms with Crippen molar-refractivity contribution >= 4 is 12.0 Å². The minimum atomic E-state index is -0.457. The molecule has 6 heteroatoms. The van der Waals surface area contributed by atoms with E-state index in [9.17, 15) is 14.0 Å². The second kappa shape index (κ2) is 5.69. The van der Waals surface area contributed by atoms with E-state index in [0.29, 0.717) is 30.9 Å². The van der Waals surface area contributed by atoms with Crippen LogP contribution in [0.2, 0.25) is 0 Å². The molecule has 2 amide bonds. The predicted octanol–water partition coefficient (Wildman–Crippen LogP) is 2.76. The zero-order valence-corrected chi connectivity index (χ0v) is 15.5. The van der Waals surface area contributed by atoms with Crippen molar-refractivity contribution in [2.75, 3.05) is 20.2 Å². The van der Waals surface area contributed by atoms with Gasteiger partial charge in [-0.2, -0.15) is 0 Å². The number of piperidine rings is 1. The molecular weight excluding hydrogens is 335 g/mol. The van der Waals surface area contributed by atoms with Crippen LogP contribution < -0.4 is 5.32 Å². The Labute approximate surface area is 152 Å². The van der Waals surface area contributed by atoms with Crippen molar-refractivity contribution in [2.45, 2.75) is 44.1 Å². The Balaban J connectivity index is 1.39. The molecule has 0 aromatic heterocycles. The molecule has 0 bridgehead atoms. The van der Waals surface area contributed by atoms with Gasteiger partial charge in [-0.15, -0.1) is 0 Å². The first-order chi connectivity index (χ1) is 12.3. The van der Waals surface area contributed by atoms with Crippen LogP contribution >= 0.6 is 0 Å². The number of likely N-dealkylation sites (tertiary alicyclic amines) is 1. The number of carbonyl (C=O) groups is 2. The van der Waals surface area contributed by atoms with Gasteiger partial charge in [0, 0.05) is 30.0 Å². The summed E-state index contributed by atoms with van der Waals surface area (Å²) in [6, 6.07) is 5.48. The van der Waals surface area contributed by atoms with Gasteiger partial charge in [0.15, 0.2) is 0 Å². The van der Waals surface area contributed by atoms with Gasteiger partial charge in [0.25, 0.3) is 0 Å². The van der Waals surface area contributed by atoms with Gasteiger partial charge in [0.2, 0.25) is 5.91 Å². The average molecular weight is 360 g/mol. The number of aryl methyl sites for hydroxylation is 1. The number of carbonyl (C=O) groups excluding carboxylic acids is 2. The molecule has 1 N–H and O–H groups in total. The van der Waals surface area contributed by atoms with Crippen LogP contribution in [0.25, 0.3) is 0 Å². The molecule has 2 atom stereocenters. The molecule has 0 radical (unpaired) electrons. The Bertz CT molecular complexity index is 774. The van der Waals surface area contributed by atoms with Crippen LogP contribution in [0.1, 0.15) is 37.3 Å². The summed E-state index contributed by atoms with van der Waals surface area (Å²) in [5.74, 6) is 0.374. The number of nitrogens with one attached hydrogen (secondary N) is 1. The quantitative estimate of drug-likeness (QED) is 0.902. The highest BCUT2D eigenvalue weighted by molar-refractivity contribution is 5.82. The molecule has 3 fully saturated rings. The maximum Gasteiger partial charge on any atom is 0.407 e. The second-order valence-corrected chi connectivity index (χ2v) is 8.52. The SMILES string of the molecule is COC(=O)N[C@]1(C)C[C@H](C(=O)N2CC3CC3(c3ccc(C)c(F)c3)C2)C1. The van der Waals surface area contributed by atoms with E-state index < -0.39 is 6.09 Å². The molecular formula is C20H25FN2O3. The summed E-state index contributed by atoms with van der Waals surface area (Å²) in [4.78, 5) is 26.2. The molecule has 2 saturated carbocycles. The van der Waals surface area contributed by atoms with Gasteiger partial charge >= 0.3 is 6.09 Å². The molecule has 4 rings (SSSR count). The molecule has 0 spiro atoms. The van der Waals surface area contributed by atoms with E-state index in [1.54, 1.807) is 13.0 Å². The maximum atomic E-state index is 14.0. The molecule has 1 heterocycles. The monoisotopic (exact) mass is 360 g/mol. The second-order valence-electron chi connectivity index (χ2n) is 8.52. The van der Waals surface area contributed by atoms with Crippen LogP contribution in [-0.2, 0) is 14.9 Å². The van der Waals surface area contributed by atoms with E-state index >= 15 is 0 Å². The minimum Gasteiger partial charge on any atom is -0.453 e. The van der Waals surface area contributed by atoms with Gasteiger partial charge in [-0.25, -0.2) is 9.18 Å². The minimum absolute atomic E-state index is 0.0541. The van der Waals surface area contributed by atoms with Crippen molar-refractivity contribution in [3.8, 4) is 0 Å². The lowest BCUT2D eigenvalue weighted by Crippen LogP contribution is -2.58. The van der Waals surface area contributed by atoms with Gasteiger partial charge in [-0.1, -0.05) is 12.1 Å². The number of hydrogen-bond donors (Lipinski definition) is 1. The van der Waals surface area contributed by atoms with Crippen LogP contribution in [0, 0.1) is 24.6 Å². The largest absolute Gasteiger partial charge is 0.453 e. The Morgan fingerprint density at radius 2 is 2.04 bits per heavy atom. The molecule has 2 aliphatic carbocycles. The number of nitrogens with zero attached hydrogens (tertiary/aromatic N) is 1. The number of amides is 2. The predicted molar refractivity (Wildman–Crippen MR) is 94.2 cm³/mol. The number of alkyl carbamates (subject to hydrolysis) is 1. The van der Waals surface area contributed by atoms with E-state index in [4.69, 9.17) is 0 Å². The Morgan fingerprint density at radius 3 is 2.69 bits per heavy atom. The maximum absolute atomic E-state index is 14.0. The highest BCUT2D eigenvalue weighted by Gasteiger charge is 2.62. The molecule has 1 saturated heterocycles. The molecule has 1 aromatic rings. The molecule has 1 aromatic carbocycles. The van der Waals surface area contributed by atoms with Gasteiger partial charge in [-0.05, 0) is 56.2 Å². The Kier molecular flexibility index (Phi) is 3.79. The van der Waals surface area contributed by atoms with Crippen LogP contribution in [0.15, 0.2) is 18.2 Å². The number of rotatable bonds is 3. The van der Waals surface area contributed by atoms with Crippen LogP contribution in [-0.4, -0.2) is 42.6 Å². The number of hydrogen-bond acceptors (Lipinski definition) is 3. The normalized spacial score (nSPS) is 34.7. The van der Waals surface area contributed by atoms with Gasteiger partial charge in [0.05, 0.1) is 7.11 Å². The van der Waals surface area contributed by atoms with Crippen molar-refractivity contribution in [3.05, 3.63) is 35.1 Å². The van der Waals surface area contributed by atoms with Crippen molar-refractivity contribution in [3.63, 3.8) is 0 Å². The molecule has 1 aliphatic heterocycles. The van der Waals surface area contributed by atoms with Gasteiger partial charge in [0.1, 0.15) is 5.82 Å². The van der Waals surface area contributed by atoms with Crippen LogP contribution in [0.4, 0.5) is 9.18 Å². The number of fused-ring (bicyclic) bond motifs is 1. The van der Waals surface area contributed by atoms with Crippen molar-refractivity contribution < 1.29 is 18.7 Å². The van der Waals surface area contributed by atoms with E-state index in [0.717, 1.165) is 18.5 Å². The summed E-state index contributed by atoms with van der Waals surface area (Å²) >= 11 is 0. The van der Waals surface area contributed by atoms with E-state index in [1.807, 2.05) is 24.0 Å². The molecule has 2 unspecified atom stereocenters. The number of ether oxygens (including phenoxy) is 1. The summed E-state index contributed by atoms with van der Waals surface area (Å²) in [6.07, 6.45) is 1.84. The topological polar surface area (TPSA) is 58.6 Å². The Morgan fingerprint density at radius 1 is 1.31 bits per heavy atom. The zero-order chi connectivity index (χ0) is 18.7. The fourth-order valence-electron chi connectivity index (χ4n) is 4.86. The molecule has 26 heavy (non-hydrogen) atoms. The smallest absolute Gasteiger partial charge is 0.407 e. The van der Waals surface area contributed by atoms with Crippen molar-refractivity contribution in [2.24, 2.45) is 11.8 Å². The first-order valence-electron chi connectivity index (χ1n) is 9.18. The van der Waals surface area contributed by atoms with Crippen molar-refractivity contribution in [1.82, 2.24) is 10.2 Å². The lowest BCUT2D eigenvalue weighted by Gasteiger charge is -2.45. The molecule has 140 valence electrons. The summed E-state index contributed by atoms with van der Waals surface area (Å²) < 4.78 is 18.6. The Hall–Kier alpha value is -2.11. The summed E-state index contributed by atoms with van der Waals surface area (Å²) in [7, 11) is 1.34. The van der Waals surface area contributed by atoms with Gasteiger partial charge < -0.3 is 15.0 Å². The third-order valence-corrected chi connectivity index (χ3v) is 6.54. The molecule has 3 aliphatic rings. The first-order valence-corrected chi connectivity index (χ1v) is 9.18. The summed E-state index contributed by atoms with van der Waals surface area (Å²) in [5, 5.41) is 2.81. The third kappa shape index (κ3) is 2.66. The van der Waals surface area contributed by atoms with E-state index in [-0.39, 0.29) is 28.6 Å². The average Bonchev–Trinajstić information content (AvgIpc) is 3.15. The summed E-state index contributed by atoms with van der Waals surface area (Å²) in [5.41, 5.74) is 1.25. The lowest BCUT2D eigenvalue weighted by molar-refractivity contribution is -0.140. The zero-order valence-electron chi connectivity index (χ0n) is 15.5. The first kappa shape index (κ1) is 17.3. The van der Waals surface area contributed by atoms with Crippen molar-refractivity contribution in [1.29, 1.82) is 0 Å². The lowest BCUT2D eigenvalue weighted by atomic mass is 9.69.